The van der Waals surface area contributed by atoms with Gasteiger partial charge in [-0.2, -0.15) is 0 Å². The molecule has 0 aromatic heterocycles. The molecule has 0 unspecified atom stereocenters. The maximum absolute atomic E-state index is 12.1. The zero-order valence-corrected chi connectivity index (χ0v) is 15.8. The highest BCUT2D eigenvalue weighted by Crippen LogP contribution is 2.49. The number of fused-ring (bicyclic) bond motifs is 2. The van der Waals surface area contributed by atoms with Crippen molar-refractivity contribution in [1.29, 1.82) is 0 Å². The monoisotopic (exact) mass is 362 g/mol. The summed E-state index contributed by atoms with van der Waals surface area (Å²) >= 11 is 0. The molecule has 2 saturated heterocycles. The average molecular weight is 362 g/mol. The largest absolute Gasteiger partial charge is 0.493 e. The van der Waals surface area contributed by atoms with E-state index in [1.807, 2.05) is 12.1 Å². The number of hydrogen-bond acceptors (Lipinski definition) is 4. The van der Waals surface area contributed by atoms with Gasteiger partial charge in [0, 0.05) is 12.6 Å². The minimum Gasteiger partial charge on any atom is -0.493 e. The van der Waals surface area contributed by atoms with Crippen LogP contribution in [0.15, 0.2) is 28.7 Å². The molecule has 0 atom stereocenters. The molecule has 3 aliphatic heterocycles. The molecule has 0 radical (unpaired) electrons. The quantitative estimate of drug-likeness (QED) is 0.826. The predicted octanol–water partition coefficient (Wildman–Crippen LogP) is 2.96. The maximum atomic E-state index is 12.1. The Morgan fingerprint density at radius 1 is 1.24 bits per heavy atom. The van der Waals surface area contributed by atoms with Crippen LogP contribution in [0, 0.1) is 5.92 Å². The highest BCUT2D eigenvalue weighted by molar-refractivity contribution is 7.90. The molecule has 2 bridgehead atoms. The zero-order valence-electron chi connectivity index (χ0n) is 14.9. The van der Waals surface area contributed by atoms with E-state index in [9.17, 15) is 8.42 Å². The van der Waals surface area contributed by atoms with Gasteiger partial charge in [0.1, 0.15) is 11.6 Å². The Balaban J connectivity index is 1.68. The molecular formula is C19H26N2O3S. The Kier molecular flexibility index (Phi) is 4.06. The Morgan fingerprint density at radius 3 is 2.56 bits per heavy atom. The summed E-state index contributed by atoms with van der Waals surface area (Å²) < 4.78 is 34.3. The molecular weight excluding hydrogens is 336 g/mol. The molecule has 1 aliphatic carbocycles. The first-order chi connectivity index (χ1) is 11.9. The van der Waals surface area contributed by atoms with Crippen LogP contribution in [0.1, 0.15) is 45.1 Å². The van der Waals surface area contributed by atoms with E-state index in [0.29, 0.717) is 25.1 Å². The molecule has 0 N–H and O–H groups in total. The third-order valence-corrected chi connectivity index (χ3v) is 6.91. The fourth-order valence-corrected chi connectivity index (χ4v) is 5.51. The number of piperidine rings is 2. The van der Waals surface area contributed by atoms with Crippen molar-refractivity contribution in [1.82, 2.24) is 4.90 Å². The van der Waals surface area contributed by atoms with Gasteiger partial charge in [-0.05, 0) is 49.3 Å². The Labute approximate surface area is 150 Å². The first kappa shape index (κ1) is 16.9. The van der Waals surface area contributed by atoms with Gasteiger partial charge in [0.25, 0.3) is 10.0 Å². The number of hydrogen-bond donors (Lipinski definition) is 0. The van der Waals surface area contributed by atoms with Crippen LogP contribution in [0.25, 0.3) is 0 Å². The summed E-state index contributed by atoms with van der Waals surface area (Å²) in [7, 11) is -3.33. The van der Waals surface area contributed by atoms with Crippen molar-refractivity contribution in [3.8, 4) is 5.75 Å². The van der Waals surface area contributed by atoms with Crippen molar-refractivity contribution in [3.63, 3.8) is 0 Å². The number of ether oxygens (including phenoxy) is 1. The topological polar surface area (TPSA) is 59.0 Å². The van der Waals surface area contributed by atoms with Crippen LogP contribution in [0.3, 0.4) is 0 Å². The van der Waals surface area contributed by atoms with Crippen LogP contribution >= 0.6 is 0 Å². The lowest BCUT2D eigenvalue weighted by molar-refractivity contribution is 0.151. The minimum absolute atomic E-state index is 0.144. The van der Waals surface area contributed by atoms with E-state index in [2.05, 4.69) is 35.3 Å². The second-order valence-electron chi connectivity index (χ2n) is 7.94. The van der Waals surface area contributed by atoms with E-state index in [1.165, 1.54) is 5.56 Å². The average Bonchev–Trinajstić information content (AvgIpc) is 2.60. The van der Waals surface area contributed by atoms with Crippen LogP contribution in [0.5, 0.6) is 5.75 Å². The molecule has 1 aromatic carbocycles. The summed E-state index contributed by atoms with van der Waals surface area (Å²) in [4.78, 5) is 2.26. The van der Waals surface area contributed by atoms with Gasteiger partial charge in [-0.1, -0.05) is 26.0 Å². The highest BCUT2D eigenvalue weighted by atomic mass is 32.2. The Morgan fingerprint density at radius 2 is 1.92 bits per heavy atom. The van der Waals surface area contributed by atoms with E-state index in [4.69, 9.17) is 4.74 Å². The second kappa shape index (κ2) is 6.01. The van der Waals surface area contributed by atoms with Crippen molar-refractivity contribution < 1.29 is 13.2 Å². The van der Waals surface area contributed by atoms with Crippen LogP contribution in [-0.4, -0.2) is 44.1 Å². The lowest BCUT2D eigenvalue weighted by atomic mass is 9.63. The zero-order chi connectivity index (χ0) is 17.7. The van der Waals surface area contributed by atoms with Crippen LogP contribution in [-0.2, 0) is 15.4 Å². The summed E-state index contributed by atoms with van der Waals surface area (Å²) in [6, 6.07) is 8.68. The van der Waals surface area contributed by atoms with Gasteiger partial charge in [0.05, 0.1) is 17.8 Å². The number of nitrogens with zero attached hydrogens (tertiary/aromatic N) is 2. The maximum Gasteiger partial charge on any atom is 0.256 e. The molecule has 3 fully saturated rings. The fraction of sp³-hybridized carbons (Fsp3) is 0.632. The minimum atomic E-state index is -3.33. The fourth-order valence-electron chi connectivity index (χ4n) is 4.45. The molecule has 1 saturated carbocycles. The Bertz CT molecular complexity index is 775. The van der Waals surface area contributed by atoms with Crippen LogP contribution < -0.4 is 4.74 Å². The van der Waals surface area contributed by atoms with E-state index in [0.717, 1.165) is 37.3 Å². The number of amidine groups is 1. The number of sulfonamides is 1. The van der Waals surface area contributed by atoms with Crippen molar-refractivity contribution in [3.05, 3.63) is 29.8 Å². The molecule has 5 nitrogen and oxygen atoms in total. The summed E-state index contributed by atoms with van der Waals surface area (Å²) in [5.74, 6) is 2.29. The van der Waals surface area contributed by atoms with E-state index in [-0.39, 0.29) is 11.2 Å². The molecule has 25 heavy (non-hydrogen) atoms. The lowest BCUT2D eigenvalue weighted by Gasteiger charge is -2.55. The van der Waals surface area contributed by atoms with Crippen molar-refractivity contribution in [2.45, 2.75) is 51.0 Å². The molecule has 5 rings (SSSR count). The van der Waals surface area contributed by atoms with Crippen molar-refractivity contribution in [2.75, 3.05) is 18.9 Å². The summed E-state index contributed by atoms with van der Waals surface area (Å²) in [6.07, 6.45) is 4.19. The number of rotatable bonds is 4. The normalized spacial score (nSPS) is 30.1. The molecule has 0 spiro atoms. The summed E-state index contributed by atoms with van der Waals surface area (Å²) in [5.41, 5.74) is 0.919. The third-order valence-electron chi connectivity index (χ3n) is 5.76. The molecule has 4 aliphatic rings. The molecule has 0 amide bonds. The molecule has 3 heterocycles. The molecule has 136 valence electrons. The van der Waals surface area contributed by atoms with Gasteiger partial charge in [-0.25, -0.2) is 8.42 Å². The van der Waals surface area contributed by atoms with Crippen LogP contribution in [0.2, 0.25) is 0 Å². The lowest BCUT2D eigenvalue weighted by Crippen LogP contribution is -2.62. The van der Waals surface area contributed by atoms with Crippen molar-refractivity contribution in [2.24, 2.45) is 10.3 Å². The molecule has 6 heteroatoms. The predicted molar refractivity (Wildman–Crippen MR) is 98.6 cm³/mol. The van der Waals surface area contributed by atoms with E-state index in [1.54, 1.807) is 0 Å². The third kappa shape index (κ3) is 2.94. The van der Waals surface area contributed by atoms with E-state index < -0.39 is 10.0 Å². The van der Waals surface area contributed by atoms with Gasteiger partial charge in [0.15, 0.2) is 0 Å². The Hall–Kier alpha value is -1.56. The van der Waals surface area contributed by atoms with Gasteiger partial charge in [-0.3, -0.25) is 0 Å². The smallest absolute Gasteiger partial charge is 0.256 e. The highest BCUT2D eigenvalue weighted by Gasteiger charge is 2.52. The first-order valence-corrected chi connectivity index (χ1v) is 10.8. The summed E-state index contributed by atoms with van der Waals surface area (Å²) in [5, 5.41) is 0. The van der Waals surface area contributed by atoms with Gasteiger partial charge < -0.3 is 9.64 Å². The standard InChI is InChI=1S/C19H26N2O3S/c1-14(2)13-24-17-5-3-15(4-6-17)19-9-7-16(8-10-19)21-11-12-25(22,23)20-18(19)21/h3-6,14,16H,7-13H2,1-2H3. The van der Waals surface area contributed by atoms with Gasteiger partial charge in [0.2, 0.25) is 0 Å². The first-order valence-electron chi connectivity index (χ1n) is 9.23. The number of benzene rings is 1. The van der Waals surface area contributed by atoms with Crippen molar-refractivity contribution >= 4 is 15.9 Å². The van der Waals surface area contributed by atoms with Gasteiger partial charge in [-0.15, -0.1) is 4.40 Å². The van der Waals surface area contributed by atoms with Crippen LogP contribution in [0.4, 0.5) is 0 Å². The summed E-state index contributed by atoms with van der Waals surface area (Å²) in [6.45, 7) is 5.54. The van der Waals surface area contributed by atoms with Gasteiger partial charge >= 0.3 is 0 Å². The van der Waals surface area contributed by atoms with E-state index >= 15 is 0 Å². The molecule has 1 aromatic rings. The second-order valence-corrected chi connectivity index (χ2v) is 9.69. The SMILES string of the molecule is CC(C)COc1ccc(C23CCC(CC2)N2CCS(=O)(=O)N=C23)cc1.